The smallest absolute Gasteiger partial charge is 0.272 e. The first-order valence-corrected chi connectivity index (χ1v) is 9.39. The Morgan fingerprint density at radius 1 is 1.24 bits per heavy atom. The number of aromatic nitrogens is 2. The van der Waals surface area contributed by atoms with Crippen LogP contribution in [0.2, 0.25) is 0 Å². The number of likely N-dealkylation sites (tertiary alicyclic amines) is 2. The zero-order valence-corrected chi connectivity index (χ0v) is 15.1. The van der Waals surface area contributed by atoms with Crippen LogP contribution in [0.5, 0.6) is 0 Å². The maximum atomic E-state index is 12.7. The van der Waals surface area contributed by atoms with Gasteiger partial charge in [0.25, 0.3) is 5.91 Å². The average Bonchev–Trinajstić information content (AvgIpc) is 3.28. The van der Waals surface area contributed by atoms with Gasteiger partial charge in [0.15, 0.2) is 0 Å². The average molecular weight is 345 g/mol. The van der Waals surface area contributed by atoms with Gasteiger partial charge in [0, 0.05) is 37.9 Å². The van der Waals surface area contributed by atoms with Gasteiger partial charge in [0.2, 0.25) is 5.91 Å². The maximum Gasteiger partial charge on any atom is 0.272 e. The van der Waals surface area contributed by atoms with E-state index in [0.717, 1.165) is 44.6 Å². The second-order valence-corrected chi connectivity index (χ2v) is 7.67. The van der Waals surface area contributed by atoms with Crippen molar-refractivity contribution in [2.24, 2.45) is 7.05 Å². The van der Waals surface area contributed by atoms with Crippen molar-refractivity contribution in [1.82, 2.24) is 24.9 Å². The Bertz CT molecular complexity index is 662. The van der Waals surface area contributed by atoms with Gasteiger partial charge in [0.1, 0.15) is 5.69 Å². The van der Waals surface area contributed by atoms with Gasteiger partial charge in [-0.3, -0.25) is 19.2 Å². The van der Waals surface area contributed by atoms with Crippen LogP contribution < -0.4 is 5.32 Å². The first-order chi connectivity index (χ1) is 12.0. The van der Waals surface area contributed by atoms with Crippen molar-refractivity contribution in [3.8, 4) is 0 Å². The predicted molar refractivity (Wildman–Crippen MR) is 93.1 cm³/mol. The Kier molecular flexibility index (Phi) is 4.27. The van der Waals surface area contributed by atoms with Crippen LogP contribution in [0.4, 0.5) is 0 Å². The van der Waals surface area contributed by atoms with E-state index in [1.165, 1.54) is 12.8 Å². The van der Waals surface area contributed by atoms with E-state index < -0.39 is 0 Å². The second-order valence-electron chi connectivity index (χ2n) is 7.67. The largest absolute Gasteiger partial charge is 0.347 e. The Morgan fingerprint density at radius 2 is 2.04 bits per heavy atom. The molecule has 25 heavy (non-hydrogen) atoms. The third-order valence-electron chi connectivity index (χ3n) is 5.77. The summed E-state index contributed by atoms with van der Waals surface area (Å²) in [6.07, 6.45) is 5.23. The number of hydrogen-bond donors (Lipinski definition) is 1. The van der Waals surface area contributed by atoms with Crippen molar-refractivity contribution < 1.29 is 9.59 Å². The fourth-order valence-electron chi connectivity index (χ4n) is 4.11. The Balaban J connectivity index is 1.36. The molecule has 136 valence electrons. The molecule has 3 fully saturated rings. The molecule has 1 N–H and O–H groups in total. The normalized spacial score (nSPS) is 27.8. The van der Waals surface area contributed by atoms with Gasteiger partial charge in [-0.05, 0) is 51.6 Å². The van der Waals surface area contributed by atoms with Crippen LogP contribution in [0.1, 0.15) is 48.3 Å². The van der Waals surface area contributed by atoms with Gasteiger partial charge in [-0.2, -0.15) is 5.10 Å². The highest BCUT2D eigenvalue weighted by molar-refractivity contribution is 5.92. The highest BCUT2D eigenvalue weighted by Crippen LogP contribution is 2.32. The molecule has 7 nitrogen and oxygen atoms in total. The number of amides is 2. The van der Waals surface area contributed by atoms with Crippen LogP contribution in [0.15, 0.2) is 6.07 Å². The van der Waals surface area contributed by atoms with Gasteiger partial charge in [-0.15, -0.1) is 0 Å². The summed E-state index contributed by atoms with van der Waals surface area (Å²) in [5.41, 5.74) is 1.43. The summed E-state index contributed by atoms with van der Waals surface area (Å²) in [7, 11) is 1.84. The minimum absolute atomic E-state index is 0.0115. The highest BCUT2D eigenvalue weighted by Gasteiger charge is 2.43. The zero-order valence-electron chi connectivity index (χ0n) is 15.1. The lowest BCUT2D eigenvalue weighted by Gasteiger charge is -2.36. The van der Waals surface area contributed by atoms with Gasteiger partial charge < -0.3 is 10.2 Å². The number of rotatable bonds is 4. The van der Waals surface area contributed by atoms with Gasteiger partial charge in [-0.1, -0.05) is 0 Å². The molecule has 2 unspecified atom stereocenters. The topological polar surface area (TPSA) is 70.5 Å². The molecule has 3 aliphatic rings. The first kappa shape index (κ1) is 16.6. The number of aryl methyl sites for hydroxylation is 2. The second kappa shape index (κ2) is 6.44. The summed E-state index contributed by atoms with van der Waals surface area (Å²) in [5.74, 6) is 0.183. The molecular formula is C18H27N5O2. The van der Waals surface area contributed by atoms with Crippen LogP contribution in [-0.4, -0.2) is 69.2 Å². The van der Waals surface area contributed by atoms with Crippen LogP contribution in [-0.2, 0) is 11.8 Å². The van der Waals surface area contributed by atoms with Crippen LogP contribution in [0.25, 0.3) is 0 Å². The standard InChI is InChI=1S/C18H27N5O2/c1-12-10-15(20-21(12)2)17(24)19-13-4-3-8-22(11-13)16-7-9-23(18(16)25)14-5-6-14/h10,13-14,16H,3-9,11H2,1-2H3,(H,19,24). The summed E-state index contributed by atoms with van der Waals surface area (Å²) in [6.45, 7) is 4.54. The molecule has 0 radical (unpaired) electrons. The molecule has 0 spiro atoms. The van der Waals surface area contributed by atoms with E-state index in [9.17, 15) is 9.59 Å². The fourth-order valence-corrected chi connectivity index (χ4v) is 4.11. The quantitative estimate of drug-likeness (QED) is 0.871. The fraction of sp³-hybridized carbons (Fsp3) is 0.722. The third kappa shape index (κ3) is 3.29. The van der Waals surface area contributed by atoms with Crippen molar-refractivity contribution in [3.63, 3.8) is 0 Å². The van der Waals surface area contributed by atoms with Gasteiger partial charge >= 0.3 is 0 Å². The lowest BCUT2D eigenvalue weighted by Crippen LogP contribution is -2.53. The van der Waals surface area contributed by atoms with Crippen molar-refractivity contribution in [2.45, 2.75) is 57.2 Å². The lowest BCUT2D eigenvalue weighted by molar-refractivity contribution is -0.133. The molecule has 2 saturated heterocycles. The summed E-state index contributed by atoms with van der Waals surface area (Å²) in [6, 6.07) is 2.41. The van der Waals surface area contributed by atoms with E-state index in [4.69, 9.17) is 0 Å². The molecule has 0 bridgehead atoms. The number of carbonyl (C=O) groups excluding carboxylic acids is 2. The number of hydrogen-bond acceptors (Lipinski definition) is 4. The first-order valence-electron chi connectivity index (χ1n) is 9.39. The molecule has 4 rings (SSSR count). The maximum absolute atomic E-state index is 12.7. The molecule has 1 aliphatic carbocycles. The highest BCUT2D eigenvalue weighted by atomic mass is 16.2. The molecule has 2 aliphatic heterocycles. The van der Waals surface area contributed by atoms with E-state index in [1.807, 2.05) is 20.0 Å². The molecule has 3 heterocycles. The summed E-state index contributed by atoms with van der Waals surface area (Å²) >= 11 is 0. The minimum atomic E-state index is -0.118. The van der Waals surface area contributed by atoms with Crippen molar-refractivity contribution in [1.29, 1.82) is 0 Å². The number of nitrogens with one attached hydrogen (secondary N) is 1. The molecule has 7 heteroatoms. The molecule has 0 aromatic carbocycles. The van der Waals surface area contributed by atoms with E-state index in [1.54, 1.807) is 4.68 Å². The van der Waals surface area contributed by atoms with Crippen molar-refractivity contribution in [3.05, 3.63) is 17.5 Å². The van der Waals surface area contributed by atoms with Crippen molar-refractivity contribution in [2.75, 3.05) is 19.6 Å². The van der Waals surface area contributed by atoms with E-state index >= 15 is 0 Å². The summed E-state index contributed by atoms with van der Waals surface area (Å²) in [4.78, 5) is 29.5. The monoisotopic (exact) mass is 345 g/mol. The summed E-state index contributed by atoms with van der Waals surface area (Å²) < 4.78 is 1.71. The molecule has 1 saturated carbocycles. The Morgan fingerprint density at radius 3 is 2.72 bits per heavy atom. The third-order valence-corrected chi connectivity index (χ3v) is 5.77. The predicted octanol–water partition coefficient (Wildman–Crippen LogP) is 0.686. The van der Waals surface area contributed by atoms with Crippen LogP contribution in [0.3, 0.4) is 0 Å². The minimum Gasteiger partial charge on any atom is -0.347 e. The molecule has 2 amide bonds. The number of carbonyl (C=O) groups is 2. The Labute approximate surface area is 148 Å². The zero-order chi connectivity index (χ0) is 17.6. The molecule has 1 aromatic heterocycles. The van der Waals surface area contributed by atoms with E-state index in [-0.39, 0.29) is 18.0 Å². The van der Waals surface area contributed by atoms with Gasteiger partial charge in [0.05, 0.1) is 6.04 Å². The molecule has 2 atom stereocenters. The lowest BCUT2D eigenvalue weighted by atomic mass is 10.0. The number of piperidine rings is 1. The van der Waals surface area contributed by atoms with Gasteiger partial charge in [-0.25, -0.2) is 0 Å². The summed E-state index contributed by atoms with van der Waals surface area (Å²) in [5, 5.41) is 7.36. The molecular weight excluding hydrogens is 318 g/mol. The van der Waals surface area contributed by atoms with E-state index in [2.05, 4.69) is 20.2 Å². The Hall–Kier alpha value is -1.89. The van der Waals surface area contributed by atoms with Crippen LogP contribution in [0, 0.1) is 6.92 Å². The number of nitrogens with zero attached hydrogens (tertiary/aromatic N) is 4. The van der Waals surface area contributed by atoms with Crippen LogP contribution >= 0.6 is 0 Å². The SMILES string of the molecule is Cc1cc(C(=O)NC2CCCN(C3CCN(C4CC4)C3=O)C2)nn1C. The molecule has 1 aromatic rings. The van der Waals surface area contributed by atoms with Crippen molar-refractivity contribution >= 4 is 11.8 Å². The van der Waals surface area contributed by atoms with E-state index in [0.29, 0.717) is 17.6 Å².